The lowest BCUT2D eigenvalue weighted by Gasteiger charge is -2.25. The first-order valence-corrected chi connectivity index (χ1v) is 7.68. The summed E-state index contributed by atoms with van der Waals surface area (Å²) < 4.78 is 5.44. The SMILES string of the molecule is CCCc1cc(OC)cc(C2NC=CC=C2CCCO)c1. The van der Waals surface area contributed by atoms with Gasteiger partial charge in [0.25, 0.3) is 0 Å². The maximum Gasteiger partial charge on any atom is 0.119 e. The Kier molecular flexibility index (Phi) is 5.88. The Labute approximate surface area is 127 Å². The summed E-state index contributed by atoms with van der Waals surface area (Å²) in [6, 6.07) is 6.65. The highest BCUT2D eigenvalue weighted by atomic mass is 16.5. The lowest BCUT2D eigenvalue weighted by Crippen LogP contribution is -2.20. The van der Waals surface area contributed by atoms with Crippen molar-refractivity contribution in [2.24, 2.45) is 0 Å². The van der Waals surface area contributed by atoms with Gasteiger partial charge in [-0.2, -0.15) is 0 Å². The lowest BCUT2D eigenvalue weighted by molar-refractivity contribution is 0.287. The van der Waals surface area contributed by atoms with Gasteiger partial charge in [-0.05, 0) is 60.4 Å². The van der Waals surface area contributed by atoms with E-state index in [1.165, 1.54) is 16.7 Å². The molecule has 0 bridgehead atoms. The molecule has 0 aliphatic carbocycles. The van der Waals surface area contributed by atoms with Crippen LogP contribution in [0, 0.1) is 0 Å². The third-order valence-corrected chi connectivity index (χ3v) is 3.76. The van der Waals surface area contributed by atoms with Crippen LogP contribution < -0.4 is 10.1 Å². The van der Waals surface area contributed by atoms with Crippen LogP contribution in [0.1, 0.15) is 43.4 Å². The van der Waals surface area contributed by atoms with Gasteiger partial charge in [-0.1, -0.05) is 25.5 Å². The van der Waals surface area contributed by atoms with Gasteiger partial charge in [0.05, 0.1) is 13.2 Å². The highest BCUT2D eigenvalue weighted by Crippen LogP contribution is 2.31. The summed E-state index contributed by atoms with van der Waals surface area (Å²) in [4.78, 5) is 0. The fourth-order valence-corrected chi connectivity index (χ4v) is 2.75. The molecule has 0 aromatic heterocycles. The van der Waals surface area contributed by atoms with Crippen LogP contribution in [-0.4, -0.2) is 18.8 Å². The van der Waals surface area contributed by atoms with Gasteiger partial charge in [-0.15, -0.1) is 0 Å². The minimum atomic E-state index is 0.173. The lowest BCUT2D eigenvalue weighted by atomic mass is 9.91. The van der Waals surface area contributed by atoms with Crippen molar-refractivity contribution in [1.82, 2.24) is 5.32 Å². The highest BCUT2D eigenvalue weighted by molar-refractivity contribution is 5.41. The Morgan fingerprint density at radius 3 is 2.81 bits per heavy atom. The Morgan fingerprint density at radius 2 is 2.10 bits per heavy atom. The van der Waals surface area contributed by atoms with Crippen molar-refractivity contribution in [3.8, 4) is 5.75 Å². The number of allylic oxidation sites excluding steroid dienone is 2. The molecule has 1 atom stereocenters. The monoisotopic (exact) mass is 287 g/mol. The molecule has 1 aliphatic rings. The van der Waals surface area contributed by atoms with Gasteiger partial charge in [0, 0.05) is 6.61 Å². The van der Waals surface area contributed by atoms with E-state index in [1.54, 1.807) is 7.11 Å². The van der Waals surface area contributed by atoms with Crippen LogP contribution in [-0.2, 0) is 6.42 Å². The van der Waals surface area contributed by atoms with E-state index in [2.05, 4.69) is 36.5 Å². The van der Waals surface area contributed by atoms with Gasteiger partial charge in [0.1, 0.15) is 5.75 Å². The predicted octanol–water partition coefficient (Wildman–Crippen LogP) is 3.50. The molecular formula is C18H25NO2. The fraction of sp³-hybridized carbons (Fsp3) is 0.444. The molecule has 1 aromatic carbocycles. The van der Waals surface area contributed by atoms with Crippen LogP contribution in [0.5, 0.6) is 5.75 Å². The van der Waals surface area contributed by atoms with E-state index in [4.69, 9.17) is 9.84 Å². The molecule has 21 heavy (non-hydrogen) atoms. The van der Waals surface area contributed by atoms with Gasteiger partial charge in [0.2, 0.25) is 0 Å². The number of benzene rings is 1. The predicted molar refractivity (Wildman–Crippen MR) is 86.4 cm³/mol. The number of dihydropyridines is 1. The topological polar surface area (TPSA) is 41.5 Å². The number of rotatable bonds is 7. The van der Waals surface area contributed by atoms with E-state index < -0.39 is 0 Å². The van der Waals surface area contributed by atoms with Crippen molar-refractivity contribution < 1.29 is 9.84 Å². The Hall–Kier alpha value is -1.74. The Bertz CT molecular complexity index is 520. The highest BCUT2D eigenvalue weighted by Gasteiger charge is 2.18. The number of aliphatic hydroxyl groups excluding tert-OH is 1. The van der Waals surface area contributed by atoms with Crippen molar-refractivity contribution in [2.75, 3.05) is 13.7 Å². The molecule has 114 valence electrons. The molecule has 0 fully saturated rings. The van der Waals surface area contributed by atoms with Gasteiger partial charge in [-0.25, -0.2) is 0 Å². The summed E-state index contributed by atoms with van der Waals surface area (Å²) in [6.45, 7) is 2.42. The van der Waals surface area contributed by atoms with Crippen molar-refractivity contribution in [3.05, 3.63) is 53.3 Å². The van der Waals surface area contributed by atoms with Gasteiger partial charge < -0.3 is 15.2 Å². The van der Waals surface area contributed by atoms with Crippen LogP contribution in [0.15, 0.2) is 42.1 Å². The number of aliphatic hydroxyl groups is 1. The minimum absolute atomic E-state index is 0.173. The normalized spacial score (nSPS) is 17.3. The number of ether oxygens (including phenoxy) is 1. The van der Waals surface area contributed by atoms with Crippen molar-refractivity contribution in [2.45, 2.75) is 38.6 Å². The first-order valence-electron chi connectivity index (χ1n) is 7.68. The maximum atomic E-state index is 9.06. The van der Waals surface area contributed by atoms with Crippen molar-refractivity contribution in [1.29, 1.82) is 0 Å². The molecule has 2 N–H and O–H groups in total. The number of aryl methyl sites for hydroxylation is 1. The first kappa shape index (κ1) is 15.6. The van der Waals surface area contributed by atoms with Crippen molar-refractivity contribution >= 4 is 0 Å². The second kappa shape index (κ2) is 7.89. The van der Waals surface area contributed by atoms with E-state index in [0.29, 0.717) is 0 Å². The molecule has 1 unspecified atom stereocenters. The molecule has 1 heterocycles. The number of hydrogen-bond acceptors (Lipinski definition) is 3. The summed E-state index contributed by atoms with van der Waals surface area (Å²) in [7, 11) is 1.71. The smallest absolute Gasteiger partial charge is 0.119 e. The van der Waals surface area contributed by atoms with Gasteiger partial charge in [-0.3, -0.25) is 0 Å². The first-order chi connectivity index (χ1) is 10.3. The molecule has 0 spiro atoms. The second-order valence-corrected chi connectivity index (χ2v) is 5.39. The van der Waals surface area contributed by atoms with Gasteiger partial charge >= 0.3 is 0 Å². The minimum Gasteiger partial charge on any atom is -0.497 e. The molecule has 0 amide bonds. The number of nitrogens with one attached hydrogen (secondary N) is 1. The van der Waals surface area contributed by atoms with E-state index in [9.17, 15) is 0 Å². The van der Waals surface area contributed by atoms with Gasteiger partial charge in [0.15, 0.2) is 0 Å². The Morgan fingerprint density at radius 1 is 1.24 bits per heavy atom. The molecule has 0 radical (unpaired) electrons. The fourth-order valence-electron chi connectivity index (χ4n) is 2.75. The summed E-state index contributed by atoms with van der Waals surface area (Å²) in [6.07, 6.45) is 10.0. The zero-order chi connectivity index (χ0) is 15.1. The average Bonchev–Trinajstić information content (AvgIpc) is 2.53. The quantitative estimate of drug-likeness (QED) is 0.806. The van der Waals surface area contributed by atoms with Crippen LogP contribution in [0.3, 0.4) is 0 Å². The average molecular weight is 287 g/mol. The second-order valence-electron chi connectivity index (χ2n) is 5.39. The molecule has 3 heteroatoms. The van der Waals surface area contributed by atoms with Crippen molar-refractivity contribution in [3.63, 3.8) is 0 Å². The van der Waals surface area contributed by atoms with E-state index in [1.807, 2.05) is 12.3 Å². The van der Waals surface area contributed by atoms with Crippen LogP contribution in [0.25, 0.3) is 0 Å². The zero-order valence-electron chi connectivity index (χ0n) is 12.9. The molecular weight excluding hydrogens is 262 g/mol. The number of hydrogen-bond donors (Lipinski definition) is 2. The van der Waals surface area contributed by atoms with E-state index in [-0.39, 0.29) is 12.6 Å². The standard InChI is InChI=1S/C18H25NO2/c1-3-6-14-11-16(13-17(12-14)21-2)18-15(8-5-10-20)7-4-9-19-18/h4,7,9,11-13,18-20H,3,5-6,8,10H2,1-2H3. The molecule has 0 saturated heterocycles. The largest absolute Gasteiger partial charge is 0.497 e. The molecule has 1 aliphatic heterocycles. The van der Waals surface area contributed by atoms with Crippen LogP contribution >= 0.6 is 0 Å². The van der Waals surface area contributed by atoms with Crippen LogP contribution in [0.2, 0.25) is 0 Å². The van der Waals surface area contributed by atoms with Crippen LogP contribution in [0.4, 0.5) is 0 Å². The molecule has 0 saturated carbocycles. The molecule has 3 nitrogen and oxygen atoms in total. The summed E-state index contributed by atoms with van der Waals surface area (Å²) in [5.41, 5.74) is 3.85. The van der Waals surface area contributed by atoms with E-state index >= 15 is 0 Å². The van der Waals surface area contributed by atoms with E-state index in [0.717, 1.165) is 31.4 Å². The Balaban J connectivity index is 2.28. The molecule has 1 aromatic rings. The third-order valence-electron chi connectivity index (χ3n) is 3.76. The summed E-state index contributed by atoms with van der Waals surface area (Å²) >= 11 is 0. The molecule has 2 rings (SSSR count). The summed E-state index contributed by atoms with van der Waals surface area (Å²) in [5, 5.41) is 12.5. The third kappa shape index (κ3) is 4.11. The number of methoxy groups -OCH3 is 1. The maximum absolute atomic E-state index is 9.06. The summed E-state index contributed by atoms with van der Waals surface area (Å²) in [5.74, 6) is 0.911. The zero-order valence-corrected chi connectivity index (χ0v) is 12.9.